The molecular weight excluding hydrogens is 236 g/mol. The molecule has 17 heavy (non-hydrogen) atoms. The third-order valence-electron chi connectivity index (χ3n) is 2.69. The van der Waals surface area contributed by atoms with Gasteiger partial charge in [0.1, 0.15) is 0 Å². The monoisotopic (exact) mass is 250 g/mol. The predicted octanol–water partition coefficient (Wildman–Crippen LogP) is 1.52. The molecule has 0 aliphatic carbocycles. The molecule has 1 unspecified atom stereocenters. The maximum Gasteiger partial charge on any atom is 0.246 e. The van der Waals surface area contributed by atoms with Crippen LogP contribution in [0.5, 0.6) is 0 Å². The van der Waals surface area contributed by atoms with E-state index in [1.54, 1.807) is 0 Å². The van der Waals surface area contributed by atoms with Crippen molar-refractivity contribution in [1.29, 1.82) is 0 Å². The maximum absolute atomic E-state index is 12.0. The van der Waals surface area contributed by atoms with E-state index in [2.05, 4.69) is 0 Å². The second-order valence-corrected chi connectivity index (χ2v) is 5.34. The van der Waals surface area contributed by atoms with Crippen molar-refractivity contribution in [3.63, 3.8) is 0 Å². The zero-order valence-corrected chi connectivity index (χ0v) is 10.6. The Hall–Kier alpha value is -1.33. The Labute approximate surface area is 104 Å². The summed E-state index contributed by atoms with van der Waals surface area (Å²) in [5.74, 6) is -0.415. The fraction of sp³-hybridized carbons (Fsp3) is 0.333. The lowest BCUT2D eigenvalue weighted by atomic mass is 10.1. The summed E-state index contributed by atoms with van der Waals surface area (Å²) in [4.78, 5) is 25.8. The van der Waals surface area contributed by atoms with Crippen LogP contribution >= 0.6 is 11.8 Å². The van der Waals surface area contributed by atoms with Gasteiger partial charge >= 0.3 is 0 Å². The van der Waals surface area contributed by atoms with E-state index in [-0.39, 0.29) is 17.1 Å². The van der Waals surface area contributed by atoms with Crippen LogP contribution in [0, 0.1) is 0 Å². The molecule has 0 spiro atoms. The van der Waals surface area contributed by atoms with Crippen LogP contribution in [0.15, 0.2) is 23.1 Å². The molecule has 2 N–H and O–H groups in total. The lowest BCUT2D eigenvalue weighted by molar-refractivity contribution is -0.125. The van der Waals surface area contributed by atoms with Crippen molar-refractivity contribution in [3.05, 3.63) is 23.8 Å². The largest absolute Gasteiger partial charge is 0.326 e. The zero-order chi connectivity index (χ0) is 12.6. The van der Waals surface area contributed by atoms with Crippen molar-refractivity contribution in [1.82, 2.24) is 0 Å². The highest BCUT2D eigenvalue weighted by Gasteiger charge is 2.33. The van der Waals surface area contributed by atoms with E-state index in [1.165, 1.54) is 23.6 Å². The number of anilines is 1. The highest BCUT2D eigenvalue weighted by Crippen LogP contribution is 2.39. The number of nitrogens with zero attached hydrogens (tertiary/aromatic N) is 1. The number of amides is 2. The van der Waals surface area contributed by atoms with Gasteiger partial charge in [-0.1, -0.05) is 6.07 Å². The Kier molecular flexibility index (Phi) is 3.22. The average molecular weight is 250 g/mol. The number of imide groups is 1. The number of hydrogen-bond donors (Lipinski definition) is 1. The molecule has 2 rings (SSSR count). The fourth-order valence-corrected chi connectivity index (χ4v) is 2.84. The van der Waals surface area contributed by atoms with Crippen LogP contribution in [-0.2, 0) is 16.1 Å². The van der Waals surface area contributed by atoms with Gasteiger partial charge in [0.05, 0.1) is 10.9 Å². The highest BCUT2D eigenvalue weighted by molar-refractivity contribution is 8.01. The van der Waals surface area contributed by atoms with Crippen molar-refractivity contribution in [3.8, 4) is 0 Å². The summed E-state index contributed by atoms with van der Waals surface area (Å²) in [6, 6.07) is 5.65. The highest BCUT2D eigenvalue weighted by atomic mass is 32.2. The summed E-state index contributed by atoms with van der Waals surface area (Å²) < 4.78 is 0. The first kappa shape index (κ1) is 12.1. The van der Waals surface area contributed by atoms with Crippen LogP contribution in [-0.4, -0.2) is 17.1 Å². The van der Waals surface area contributed by atoms with E-state index in [0.29, 0.717) is 12.2 Å². The van der Waals surface area contributed by atoms with E-state index >= 15 is 0 Å². The quantitative estimate of drug-likeness (QED) is 0.820. The number of benzene rings is 1. The Morgan fingerprint density at radius 1 is 1.53 bits per heavy atom. The first-order valence-corrected chi connectivity index (χ1v) is 6.26. The van der Waals surface area contributed by atoms with E-state index < -0.39 is 0 Å². The first-order chi connectivity index (χ1) is 8.04. The Morgan fingerprint density at radius 3 is 2.82 bits per heavy atom. The third-order valence-corrected chi connectivity index (χ3v) is 3.84. The summed E-state index contributed by atoms with van der Waals surface area (Å²) in [6.45, 7) is 3.61. The van der Waals surface area contributed by atoms with E-state index in [4.69, 9.17) is 5.73 Å². The van der Waals surface area contributed by atoms with E-state index in [1.807, 2.05) is 25.1 Å². The van der Waals surface area contributed by atoms with Gasteiger partial charge in [-0.3, -0.25) is 9.59 Å². The van der Waals surface area contributed by atoms with E-state index in [0.717, 1.165) is 10.5 Å². The second kappa shape index (κ2) is 4.50. The minimum absolute atomic E-state index is 0.163. The van der Waals surface area contributed by atoms with Crippen LogP contribution in [0.2, 0.25) is 0 Å². The molecule has 0 saturated carbocycles. The van der Waals surface area contributed by atoms with E-state index in [9.17, 15) is 9.59 Å². The van der Waals surface area contributed by atoms with Gasteiger partial charge in [0.2, 0.25) is 11.8 Å². The number of fused-ring (bicyclic) bond motifs is 1. The maximum atomic E-state index is 12.0. The van der Waals surface area contributed by atoms with Crippen LogP contribution < -0.4 is 10.6 Å². The van der Waals surface area contributed by atoms with Crippen LogP contribution in [0.3, 0.4) is 0 Å². The number of carbonyl (C=O) groups excluding carboxylic acids is 2. The molecule has 0 saturated heterocycles. The Balaban J connectivity index is 2.55. The van der Waals surface area contributed by atoms with Gasteiger partial charge in [-0.25, -0.2) is 4.90 Å². The number of hydrogen-bond acceptors (Lipinski definition) is 4. The average Bonchev–Trinajstić information content (AvgIpc) is 2.29. The predicted molar refractivity (Wildman–Crippen MR) is 67.8 cm³/mol. The smallest absolute Gasteiger partial charge is 0.246 e. The van der Waals surface area contributed by atoms with Gasteiger partial charge in [0, 0.05) is 18.4 Å². The van der Waals surface area contributed by atoms with Gasteiger partial charge in [-0.2, -0.15) is 0 Å². The minimum Gasteiger partial charge on any atom is -0.326 e. The SMILES string of the molecule is CC(=O)N1C(=O)C(C)Sc2ccc(CN)cc21. The zero-order valence-electron chi connectivity index (χ0n) is 9.77. The van der Waals surface area contributed by atoms with Gasteiger partial charge in [0.25, 0.3) is 0 Å². The Bertz CT molecular complexity index is 487. The number of rotatable bonds is 1. The number of nitrogens with two attached hydrogens (primary N) is 1. The molecule has 90 valence electrons. The summed E-state index contributed by atoms with van der Waals surface area (Å²) >= 11 is 1.48. The molecule has 0 bridgehead atoms. The van der Waals surface area contributed by atoms with Crippen molar-refractivity contribution in [2.24, 2.45) is 5.73 Å². The molecule has 1 heterocycles. The van der Waals surface area contributed by atoms with Crippen LogP contribution in [0.4, 0.5) is 5.69 Å². The van der Waals surface area contributed by atoms with Crippen molar-refractivity contribution in [2.75, 3.05) is 4.90 Å². The lowest BCUT2D eigenvalue weighted by Crippen LogP contribution is -2.42. The lowest BCUT2D eigenvalue weighted by Gasteiger charge is -2.30. The molecule has 1 aliphatic heterocycles. The summed E-state index contributed by atoms with van der Waals surface area (Å²) in [6.07, 6.45) is 0. The molecule has 4 nitrogen and oxygen atoms in total. The molecule has 1 aliphatic rings. The first-order valence-electron chi connectivity index (χ1n) is 5.38. The van der Waals surface area contributed by atoms with Gasteiger partial charge in [-0.05, 0) is 24.6 Å². The number of carbonyl (C=O) groups is 2. The summed E-state index contributed by atoms with van der Waals surface area (Å²) in [5, 5.41) is -0.227. The molecule has 0 radical (unpaired) electrons. The molecule has 0 fully saturated rings. The normalized spacial score (nSPS) is 19.1. The van der Waals surface area contributed by atoms with Crippen molar-refractivity contribution < 1.29 is 9.59 Å². The summed E-state index contributed by atoms with van der Waals surface area (Å²) in [5.41, 5.74) is 7.15. The second-order valence-electron chi connectivity index (χ2n) is 3.96. The van der Waals surface area contributed by atoms with Gasteiger partial charge in [0.15, 0.2) is 0 Å². The molecule has 0 aromatic heterocycles. The van der Waals surface area contributed by atoms with Gasteiger partial charge < -0.3 is 5.73 Å². The van der Waals surface area contributed by atoms with Crippen molar-refractivity contribution >= 4 is 29.3 Å². The topological polar surface area (TPSA) is 63.4 Å². The number of thioether (sulfide) groups is 1. The summed E-state index contributed by atoms with van der Waals surface area (Å²) in [7, 11) is 0. The van der Waals surface area contributed by atoms with Crippen LogP contribution in [0.25, 0.3) is 0 Å². The van der Waals surface area contributed by atoms with Crippen molar-refractivity contribution in [2.45, 2.75) is 30.5 Å². The van der Waals surface area contributed by atoms with Gasteiger partial charge in [-0.15, -0.1) is 11.8 Å². The fourth-order valence-electron chi connectivity index (χ4n) is 1.83. The molecule has 1 aromatic rings. The molecular formula is C12H14N2O2S. The standard InChI is InChI=1S/C12H14N2O2S/c1-7-12(16)14(8(2)15)10-5-9(6-13)3-4-11(10)17-7/h3-5,7H,6,13H2,1-2H3. The Morgan fingerprint density at radius 2 is 2.24 bits per heavy atom. The molecule has 5 heteroatoms. The molecule has 1 atom stereocenters. The van der Waals surface area contributed by atoms with Crippen LogP contribution in [0.1, 0.15) is 19.4 Å². The minimum atomic E-state index is -0.252. The third kappa shape index (κ3) is 2.08. The molecule has 1 aromatic carbocycles. The molecule has 2 amide bonds.